The summed E-state index contributed by atoms with van der Waals surface area (Å²) in [6.07, 6.45) is -3.58. The number of nitrogens with one attached hydrogen (secondary N) is 1. The van der Waals surface area contributed by atoms with Crippen LogP contribution in [0.3, 0.4) is 0 Å². The highest BCUT2D eigenvalue weighted by atomic mass is 32.2. The molecule has 4 N–H and O–H groups in total. The molecule has 11 nitrogen and oxygen atoms in total. The van der Waals surface area contributed by atoms with Gasteiger partial charge in [0.25, 0.3) is 0 Å². The smallest absolute Gasteiger partial charge is 0.404 e. The molecular formula is C24H26F3N7O4S. The predicted octanol–water partition coefficient (Wildman–Crippen LogP) is 3.01. The molecule has 3 aromatic heterocycles. The minimum Gasteiger partial charge on any atom is -0.481 e. The number of methoxy groups -OCH3 is 1. The Balaban J connectivity index is 0.000000226. The lowest BCUT2D eigenvalue weighted by molar-refractivity contribution is -0.242. The summed E-state index contributed by atoms with van der Waals surface area (Å²) in [5.74, 6) is -1.08. The van der Waals surface area contributed by atoms with E-state index in [4.69, 9.17) is 15.6 Å². The van der Waals surface area contributed by atoms with Crippen molar-refractivity contribution in [1.29, 1.82) is 0 Å². The summed E-state index contributed by atoms with van der Waals surface area (Å²) in [6.45, 7) is 0.551. The van der Waals surface area contributed by atoms with Gasteiger partial charge in [0.15, 0.2) is 5.41 Å². The number of carbonyl (C=O) groups excluding carboxylic acids is 1. The highest BCUT2D eigenvalue weighted by Gasteiger charge is 2.61. The summed E-state index contributed by atoms with van der Waals surface area (Å²) in [4.78, 5) is 32.7. The van der Waals surface area contributed by atoms with Crippen LogP contribution in [0.1, 0.15) is 18.5 Å². The number of likely N-dealkylation sites (tertiary alicyclic amines) is 1. The first kappa shape index (κ1) is 28.3. The van der Waals surface area contributed by atoms with Crippen molar-refractivity contribution in [3.05, 3.63) is 36.2 Å². The molecule has 0 unspecified atom stereocenters. The number of rotatable bonds is 5. The number of nitrogens with two attached hydrogens (primary N) is 1. The number of anilines is 2. The number of hydrogen-bond donors (Lipinski definition) is 3. The first-order valence-corrected chi connectivity index (χ1v) is 12.9. The van der Waals surface area contributed by atoms with Gasteiger partial charge in [-0.05, 0) is 44.1 Å². The SMILES string of the molecule is COc1ccc2nccc(N)c2n1.O=C1CSc2nnc(CCN3CCC(C(=O)O)(C(F)(F)F)CC3)cc2N1. The van der Waals surface area contributed by atoms with Gasteiger partial charge in [0, 0.05) is 25.2 Å². The molecule has 15 heteroatoms. The van der Waals surface area contributed by atoms with Crippen molar-refractivity contribution in [3.8, 4) is 5.88 Å². The molecule has 39 heavy (non-hydrogen) atoms. The van der Waals surface area contributed by atoms with Crippen LogP contribution in [0.5, 0.6) is 5.88 Å². The van der Waals surface area contributed by atoms with Crippen molar-refractivity contribution in [3.63, 3.8) is 0 Å². The number of nitrogen functional groups attached to an aromatic ring is 1. The van der Waals surface area contributed by atoms with Crippen molar-refractivity contribution in [1.82, 2.24) is 25.1 Å². The van der Waals surface area contributed by atoms with E-state index in [1.165, 1.54) is 11.8 Å². The number of carboxylic acids is 1. The molecular weight excluding hydrogens is 539 g/mol. The van der Waals surface area contributed by atoms with Gasteiger partial charge in [-0.25, -0.2) is 4.98 Å². The van der Waals surface area contributed by atoms with Crippen molar-refractivity contribution in [2.45, 2.75) is 30.5 Å². The zero-order valence-electron chi connectivity index (χ0n) is 20.9. The Morgan fingerprint density at radius 1 is 1.26 bits per heavy atom. The number of pyridine rings is 2. The van der Waals surface area contributed by atoms with Crippen LogP contribution in [0.25, 0.3) is 11.0 Å². The number of fused-ring (bicyclic) bond motifs is 2. The average Bonchev–Trinajstić information content (AvgIpc) is 2.91. The number of nitrogens with zero attached hydrogens (tertiary/aromatic N) is 5. The highest BCUT2D eigenvalue weighted by molar-refractivity contribution is 8.00. The fourth-order valence-corrected chi connectivity index (χ4v) is 4.95. The third-order valence-electron chi connectivity index (χ3n) is 6.57. The van der Waals surface area contributed by atoms with Crippen LogP contribution < -0.4 is 15.8 Å². The van der Waals surface area contributed by atoms with Crippen molar-refractivity contribution in [2.75, 3.05) is 43.5 Å². The number of hydrogen-bond acceptors (Lipinski definition) is 10. The fraction of sp³-hybridized carbons (Fsp3) is 0.417. The molecule has 0 atom stereocenters. The lowest BCUT2D eigenvalue weighted by Crippen LogP contribution is -2.52. The molecule has 5 rings (SSSR count). The van der Waals surface area contributed by atoms with E-state index in [9.17, 15) is 22.8 Å². The van der Waals surface area contributed by atoms with Crippen molar-refractivity contribution >= 4 is 46.0 Å². The van der Waals surface area contributed by atoms with Crippen LogP contribution in [-0.2, 0) is 16.0 Å². The molecule has 0 aromatic carbocycles. The first-order chi connectivity index (χ1) is 18.5. The molecule has 1 saturated heterocycles. The Kier molecular flexibility index (Phi) is 8.39. The summed E-state index contributed by atoms with van der Waals surface area (Å²) in [5.41, 5.74) is 6.36. The largest absolute Gasteiger partial charge is 0.481 e. The van der Waals surface area contributed by atoms with Crippen LogP contribution >= 0.6 is 11.8 Å². The van der Waals surface area contributed by atoms with E-state index < -0.39 is 30.4 Å². The van der Waals surface area contributed by atoms with E-state index in [0.717, 1.165) is 5.52 Å². The molecule has 0 aliphatic carbocycles. The number of amides is 1. The van der Waals surface area contributed by atoms with E-state index >= 15 is 0 Å². The van der Waals surface area contributed by atoms with Crippen LogP contribution in [0.2, 0.25) is 0 Å². The second kappa shape index (κ2) is 11.6. The fourth-order valence-electron chi connectivity index (χ4n) is 4.25. The summed E-state index contributed by atoms with van der Waals surface area (Å²) >= 11 is 1.30. The molecule has 1 fully saturated rings. The maximum atomic E-state index is 13.2. The van der Waals surface area contributed by atoms with Gasteiger partial charge in [0.2, 0.25) is 11.8 Å². The Labute approximate surface area is 225 Å². The second-order valence-corrected chi connectivity index (χ2v) is 9.95. The minimum atomic E-state index is -4.76. The average molecular weight is 566 g/mol. The van der Waals surface area contributed by atoms with Gasteiger partial charge in [0.1, 0.15) is 10.5 Å². The van der Waals surface area contributed by atoms with E-state index in [0.29, 0.717) is 52.2 Å². The topological polar surface area (TPSA) is 156 Å². The quantitative estimate of drug-likeness (QED) is 0.418. The first-order valence-electron chi connectivity index (χ1n) is 11.9. The summed E-state index contributed by atoms with van der Waals surface area (Å²) in [6, 6.07) is 7.02. The van der Waals surface area contributed by atoms with Gasteiger partial charge in [-0.15, -0.1) is 5.10 Å². The molecule has 3 aromatic rings. The number of carboxylic acid groups (broad SMARTS) is 1. The third-order valence-corrected chi connectivity index (χ3v) is 7.55. The van der Waals surface area contributed by atoms with Gasteiger partial charge < -0.3 is 25.8 Å². The van der Waals surface area contributed by atoms with E-state index in [1.54, 1.807) is 36.4 Å². The van der Waals surface area contributed by atoms with E-state index in [2.05, 4.69) is 25.5 Å². The number of alkyl halides is 3. The number of carbonyl (C=O) groups is 2. The lowest BCUT2D eigenvalue weighted by Gasteiger charge is -2.39. The molecule has 5 heterocycles. The molecule has 0 bridgehead atoms. The third kappa shape index (κ3) is 6.30. The maximum absolute atomic E-state index is 13.2. The van der Waals surface area contributed by atoms with Crippen molar-refractivity contribution in [2.24, 2.45) is 5.41 Å². The molecule has 0 spiro atoms. The molecule has 0 saturated carbocycles. The standard InChI is InChI=1S/C15H17F3N4O3S.C9H9N3O/c16-15(17,18)14(13(24)25)2-5-22(6-3-14)4-1-9-7-10-12(21-20-9)26-8-11(23)19-10;1-13-8-3-2-7-9(12-8)6(10)4-5-11-7/h7H,1-6,8H2,(H,19,23)(H,24,25);2-5H,1H3,(H2,10,11). The van der Waals surface area contributed by atoms with Gasteiger partial charge in [-0.2, -0.15) is 18.3 Å². The zero-order chi connectivity index (χ0) is 28.2. The molecule has 2 aliphatic rings. The molecule has 0 radical (unpaired) electrons. The predicted molar refractivity (Wildman–Crippen MR) is 137 cm³/mol. The van der Waals surface area contributed by atoms with Crippen molar-refractivity contribution < 1.29 is 32.6 Å². The number of aliphatic carboxylic acids is 1. The number of thioether (sulfide) groups is 1. The van der Waals surface area contributed by atoms with Crippen LogP contribution in [0, 0.1) is 5.41 Å². The Bertz CT molecular complexity index is 1370. The number of halogens is 3. The Morgan fingerprint density at radius 2 is 2.00 bits per heavy atom. The van der Waals surface area contributed by atoms with E-state index in [1.807, 2.05) is 6.07 Å². The number of aromatic nitrogens is 4. The van der Waals surface area contributed by atoms with E-state index in [-0.39, 0.29) is 19.0 Å². The number of piperidine rings is 1. The molecule has 1 amide bonds. The lowest BCUT2D eigenvalue weighted by atomic mass is 9.77. The summed E-state index contributed by atoms with van der Waals surface area (Å²) in [7, 11) is 1.57. The molecule has 2 aliphatic heterocycles. The minimum absolute atomic E-state index is 0.0523. The Morgan fingerprint density at radius 3 is 2.67 bits per heavy atom. The maximum Gasteiger partial charge on any atom is 0.404 e. The summed E-state index contributed by atoms with van der Waals surface area (Å²) < 4.78 is 44.5. The highest BCUT2D eigenvalue weighted by Crippen LogP contribution is 2.46. The van der Waals surface area contributed by atoms with Gasteiger partial charge in [-0.1, -0.05) is 11.8 Å². The zero-order valence-corrected chi connectivity index (χ0v) is 21.7. The number of ether oxygens (including phenoxy) is 1. The van der Waals surface area contributed by atoms with Crippen LogP contribution in [0.4, 0.5) is 24.5 Å². The Hall–Kier alpha value is -3.72. The second-order valence-electron chi connectivity index (χ2n) is 8.99. The van der Waals surface area contributed by atoms with Gasteiger partial charge in [-0.3, -0.25) is 14.6 Å². The van der Waals surface area contributed by atoms with Gasteiger partial charge >= 0.3 is 12.1 Å². The van der Waals surface area contributed by atoms with Crippen LogP contribution in [0.15, 0.2) is 35.5 Å². The monoisotopic (exact) mass is 565 g/mol. The van der Waals surface area contributed by atoms with Crippen LogP contribution in [-0.4, -0.2) is 80.7 Å². The molecule has 208 valence electrons. The summed E-state index contributed by atoms with van der Waals surface area (Å²) in [5, 5.41) is 20.5. The van der Waals surface area contributed by atoms with Gasteiger partial charge in [0.05, 0.1) is 35.4 Å². The normalized spacial score (nSPS) is 17.0.